The Labute approximate surface area is 111 Å². The van der Waals surface area contributed by atoms with E-state index in [2.05, 4.69) is 9.97 Å². The van der Waals surface area contributed by atoms with Crippen molar-refractivity contribution < 1.29 is 0 Å². The van der Waals surface area contributed by atoms with Crippen molar-refractivity contribution in [2.24, 2.45) is 0 Å². The molecule has 2 aromatic rings. The van der Waals surface area contributed by atoms with E-state index in [4.69, 9.17) is 0 Å². The molecule has 1 aromatic heterocycles. The predicted octanol–water partition coefficient (Wildman–Crippen LogP) is 4.06. The zero-order valence-corrected chi connectivity index (χ0v) is 12.7. The second-order valence-corrected chi connectivity index (χ2v) is 3.51. The average molecular weight is 247 g/mol. The van der Waals surface area contributed by atoms with Crippen LogP contribution in [0.25, 0.3) is 10.9 Å². The normalized spacial score (nSPS) is 8.83. The molecule has 1 aromatic carbocycles. The zero-order chi connectivity index (χ0) is 14.1. The van der Waals surface area contributed by atoms with Crippen LogP contribution >= 0.6 is 0 Å². The summed E-state index contributed by atoms with van der Waals surface area (Å²) in [5.74, 6) is 1.79. The van der Waals surface area contributed by atoms with Crippen molar-refractivity contribution in [1.82, 2.24) is 9.97 Å². The standard InChI is InChI=1S/C11H13N3.2C2H6/c1-8-12-10-7-5-4-6-9(10)11(13-8)14(2)3;2*1-2/h4-7H,1-3H3;2*1-2H3. The summed E-state index contributed by atoms with van der Waals surface area (Å²) < 4.78 is 0. The molecule has 0 saturated heterocycles. The van der Waals surface area contributed by atoms with Crippen molar-refractivity contribution in [2.45, 2.75) is 34.6 Å². The monoisotopic (exact) mass is 247 g/mol. The van der Waals surface area contributed by atoms with Crippen molar-refractivity contribution in [3.8, 4) is 0 Å². The highest BCUT2D eigenvalue weighted by molar-refractivity contribution is 5.89. The van der Waals surface area contributed by atoms with E-state index < -0.39 is 0 Å². The summed E-state index contributed by atoms with van der Waals surface area (Å²) in [7, 11) is 3.99. The van der Waals surface area contributed by atoms with Gasteiger partial charge < -0.3 is 4.90 Å². The highest BCUT2D eigenvalue weighted by atomic mass is 15.1. The predicted molar refractivity (Wildman–Crippen MR) is 81.3 cm³/mol. The maximum absolute atomic E-state index is 4.42. The van der Waals surface area contributed by atoms with Crippen molar-refractivity contribution >= 4 is 16.7 Å². The zero-order valence-electron chi connectivity index (χ0n) is 12.7. The second-order valence-electron chi connectivity index (χ2n) is 3.51. The molecule has 0 fully saturated rings. The van der Waals surface area contributed by atoms with Crippen LogP contribution in [-0.2, 0) is 0 Å². The van der Waals surface area contributed by atoms with Gasteiger partial charge in [0, 0.05) is 19.5 Å². The summed E-state index contributed by atoms with van der Waals surface area (Å²) >= 11 is 0. The van der Waals surface area contributed by atoms with Gasteiger partial charge in [0.2, 0.25) is 0 Å². The first-order valence-electron chi connectivity index (χ1n) is 6.59. The van der Waals surface area contributed by atoms with Crippen LogP contribution in [0, 0.1) is 6.92 Å². The Hall–Kier alpha value is -1.64. The maximum Gasteiger partial charge on any atom is 0.139 e. The highest BCUT2D eigenvalue weighted by Gasteiger charge is 2.05. The van der Waals surface area contributed by atoms with Crippen LogP contribution in [0.5, 0.6) is 0 Å². The molecule has 0 spiro atoms. The molecule has 100 valence electrons. The van der Waals surface area contributed by atoms with Crippen LogP contribution < -0.4 is 4.90 Å². The first-order valence-corrected chi connectivity index (χ1v) is 6.59. The molecule has 3 nitrogen and oxygen atoms in total. The number of aryl methyl sites for hydroxylation is 1. The molecule has 3 heteroatoms. The molecule has 1 heterocycles. The summed E-state index contributed by atoms with van der Waals surface area (Å²) in [6.07, 6.45) is 0. The number of benzene rings is 1. The molecule has 0 aliphatic rings. The Morgan fingerprint density at radius 2 is 1.44 bits per heavy atom. The topological polar surface area (TPSA) is 29.0 Å². The Morgan fingerprint density at radius 1 is 0.889 bits per heavy atom. The van der Waals surface area contributed by atoms with E-state index in [-0.39, 0.29) is 0 Å². The molecule has 0 unspecified atom stereocenters. The number of hydrogen-bond acceptors (Lipinski definition) is 3. The Kier molecular flexibility index (Phi) is 7.68. The van der Waals surface area contributed by atoms with Crippen molar-refractivity contribution in [3.63, 3.8) is 0 Å². The molecule has 0 amide bonds. The highest BCUT2D eigenvalue weighted by Crippen LogP contribution is 2.21. The molecule has 2 rings (SSSR count). The van der Waals surface area contributed by atoms with E-state index in [1.54, 1.807) is 0 Å². The Balaban J connectivity index is 0.000000659. The fourth-order valence-corrected chi connectivity index (χ4v) is 1.51. The molecule has 0 radical (unpaired) electrons. The molecule has 0 saturated carbocycles. The van der Waals surface area contributed by atoms with Gasteiger partial charge in [-0.05, 0) is 19.1 Å². The molecular formula is C15H25N3. The van der Waals surface area contributed by atoms with Gasteiger partial charge in [-0.1, -0.05) is 39.8 Å². The molecule has 0 N–H and O–H groups in total. The summed E-state index contributed by atoms with van der Waals surface area (Å²) in [6, 6.07) is 8.06. The van der Waals surface area contributed by atoms with Gasteiger partial charge in [0.05, 0.1) is 5.52 Å². The van der Waals surface area contributed by atoms with Gasteiger partial charge in [-0.15, -0.1) is 0 Å². The molecule has 0 aliphatic heterocycles. The van der Waals surface area contributed by atoms with Crippen molar-refractivity contribution in [3.05, 3.63) is 30.1 Å². The molecule has 0 bridgehead atoms. The number of fused-ring (bicyclic) bond motifs is 1. The summed E-state index contributed by atoms with van der Waals surface area (Å²) in [5, 5.41) is 1.10. The molecule has 0 aliphatic carbocycles. The lowest BCUT2D eigenvalue weighted by Crippen LogP contribution is -2.12. The average Bonchev–Trinajstić information content (AvgIpc) is 2.42. The van der Waals surface area contributed by atoms with Crippen LogP contribution in [0.1, 0.15) is 33.5 Å². The molecular weight excluding hydrogens is 222 g/mol. The Bertz CT molecular complexity index is 464. The van der Waals surface area contributed by atoms with Gasteiger partial charge >= 0.3 is 0 Å². The fourth-order valence-electron chi connectivity index (χ4n) is 1.51. The van der Waals surface area contributed by atoms with E-state index in [0.29, 0.717) is 0 Å². The molecule has 18 heavy (non-hydrogen) atoms. The third-order valence-corrected chi connectivity index (χ3v) is 2.12. The number of aromatic nitrogens is 2. The minimum absolute atomic E-state index is 0.812. The van der Waals surface area contributed by atoms with Crippen molar-refractivity contribution in [1.29, 1.82) is 0 Å². The summed E-state index contributed by atoms with van der Waals surface area (Å²) in [5.41, 5.74) is 1.00. The van der Waals surface area contributed by atoms with Gasteiger partial charge in [-0.25, -0.2) is 9.97 Å². The fraction of sp³-hybridized carbons (Fsp3) is 0.467. The first-order chi connectivity index (χ1) is 8.68. The van der Waals surface area contributed by atoms with Crippen molar-refractivity contribution in [2.75, 3.05) is 19.0 Å². The van der Waals surface area contributed by atoms with Crippen LogP contribution in [-0.4, -0.2) is 24.1 Å². The lowest BCUT2D eigenvalue weighted by molar-refractivity contribution is 1.02. The lowest BCUT2D eigenvalue weighted by atomic mass is 10.2. The van der Waals surface area contributed by atoms with Crippen LogP contribution in [0.2, 0.25) is 0 Å². The first kappa shape index (κ1) is 16.4. The number of nitrogens with zero attached hydrogens (tertiary/aromatic N) is 3. The van der Waals surface area contributed by atoms with Crippen LogP contribution in [0.3, 0.4) is 0 Å². The minimum atomic E-state index is 0.812. The third kappa shape index (κ3) is 3.99. The van der Waals surface area contributed by atoms with Crippen LogP contribution in [0.15, 0.2) is 24.3 Å². The van der Waals surface area contributed by atoms with Gasteiger partial charge in [0.25, 0.3) is 0 Å². The summed E-state index contributed by atoms with van der Waals surface area (Å²) in [6.45, 7) is 9.92. The number of hydrogen-bond donors (Lipinski definition) is 0. The number of rotatable bonds is 1. The Morgan fingerprint density at radius 3 is 2.00 bits per heavy atom. The van der Waals surface area contributed by atoms with E-state index in [1.165, 1.54) is 0 Å². The molecule has 0 atom stereocenters. The van der Waals surface area contributed by atoms with Gasteiger partial charge in [0.1, 0.15) is 11.6 Å². The van der Waals surface area contributed by atoms with Gasteiger partial charge in [-0.3, -0.25) is 0 Å². The smallest absolute Gasteiger partial charge is 0.139 e. The van der Waals surface area contributed by atoms with E-state index >= 15 is 0 Å². The number of para-hydroxylation sites is 1. The largest absolute Gasteiger partial charge is 0.362 e. The quantitative estimate of drug-likeness (QED) is 0.761. The van der Waals surface area contributed by atoms with Gasteiger partial charge in [-0.2, -0.15) is 0 Å². The third-order valence-electron chi connectivity index (χ3n) is 2.12. The van der Waals surface area contributed by atoms with E-state index in [9.17, 15) is 0 Å². The SMILES string of the molecule is CC.CC.Cc1nc(N(C)C)c2ccccc2n1. The lowest BCUT2D eigenvalue weighted by Gasteiger charge is -2.14. The minimum Gasteiger partial charge on any atom is -0.362 e. The number of anilines is 1. The van der Waals surface area contributed by atoms with E-state index in [0.717, 1.165) is 22.5 Å². The van der Waals surface area contributed by atoms with Gasteiger partial charge in [0.15, 0.2) is 0 Å². The van der Waals surface area contributed by atoms with E-state index in [1.807, 2.05) is 77.9 Å². The summed E-state index contributed by atoms with van der Waals surface area (Å²) in [4.78, 5) is 10.8. The maximum atomic E-state index is 4.42. The second kappa shape index (κ2) is 8.45. The van der Waals surface area contributed by atoms with Crippen LogP contribution in [0.4, 0.5) is 5.82 Å².